The van der Waals surface area contributed by atoms with Crippen LogP contribution in [0.1, 0.15) is 55.9 Å². The smallest absolute Gasteiger partial charge is 0.348 e. The number of carbonyl (C=O) groups excluding carboxylic acids is 3. The summed E-state index contributed by atoms with van der Waals surface area (Å²) in [6.07, 6.45) is 4.61. The standard InChI is InChI=1S/C22H21NO5S/c1-2-3-5-15-7-9-16(10-8-15)17(24)14-28-22(26)19-11-12-20(29-19)23-21(25)18-6-4-13-27-18/h4,6-13H,2-3,5,14H2,1H3,(H,23,25). The molecule has 7 heteroatoms. The molecule has 29 heavy (non-hydrogen) atoms. The number of thiophene rings is 1. The van der Waals surface area contributed by atoms with Crippen LogP contribution < -0.4 is 5.32 Å². The second-order valence-corrected chi connectivity index (χ2v) is 7.48. The van der Waals surface area contributed by atoms with Gasteiger partial charge in [0.2, 0.25) is 0 Å². The number of carbonyl (C=O) groups is 3. The molecule has 1 amide bonds. The molecule has 0 saturated heterocycles. The summed E-state index contributed by atoms with van der Waals surface area (Å²) in [5, 5.41) is 3.12. The summed E-state index contributed by atoms with van der Waals surface area (Å²) in [4.78, 5) is 36.7. The van der Waals surface area contributed by atoms with Gasteiger partial charge in [-0.1, -0.05) is 37.6 Å². The SMILES string of the molecule is CCCCc1ccc(C(=O)COC(=O)c2ccc(NC(=O)c3ccco3)s2)cc1. The summed E-state index contributed by atoms with van der Waals surface area (Å²) in [5.41, 5.74) is 1.69. The van der Waals surface area contributed by atoms with Gasteiger partial charge in [0.1, 0.15) is 4.88 Å². The first-order valence-corrected chi connectivity index (χ1v) is 10.1. The van der Waals surface area contributed by atoms with Gasteiger partial charge < -0.3 is 14.5 Å². The second-order valence-electron chi connectivity index (χ2n) is 6.40. The van der Waals surface area contributed by atoms with Gasteiger partial charge in [-0.15, -0.1) is 11.3 Å². The predicted octanol–water partition coefficient (Wildman–Crippen LogP) is 4.98. The van der Waals surface area contributed by atoms with E-state index in [0.717, 1.165) is 30.6 Å². The molecule has 0 saturated carbocycles. The molecule has 0 bridgehead atoms. The Bertz CT molecular complexity index is 973. The first-order chi connectivity index (χ1) is 14.1. The molecule has 1 aromatic carbocycles. The van der Waals surface area contributed by atoms with Crippen LogP contribution in [0.4, 0.5) is 5.00 Å². The van der Waals surface area contributed by atoms with Crippen LogP contribution in [-0.4, -0.2) is 24.3 Å². The minimum absolute atomic E-state index is 0.175. The van der Waals surface area contributed by atoms with Gasteiger partial charge in [0, 0.05) is 5.56 Å². The lowest BCUT2D eigenvalue weighted by Crippen LogP contribution is -2.13. The fourth-order valence-corrected chi connectivity index (χ4v) is 3.41. The number of furan rings is 1. The molecule has 0 fully saturated rings. The Labute approximate surface area is 172 Å². The Morgan fingerprint density at radius 3 is 2.55 bits per heavy atom. The van der Waals surface area contributed by atoms with Gasteiger partial charge in [-0.05, 0) is 42.7 Å². The van der Waals surface area contributed by atoms with Gasteiger partial charge in [0.15, 0.2) is 18.2 Å². The molecular weight excluding hydrogens is 390 g/mol. The highest BCUT2D eigenvalue weighted by Crippen LogP contribution is 2.23. The predicted molar refractivity (Wildman–Crippen MR) is 111 cm³/mol. The molecule has 0 radical (unpaired) electrons. The van der Waals surface area contributed by atoms with E-state index in [1.807, 2.05) is 12.1 Å². The van der Waals surface area contributed by atoms with Crippen molar-refractivity contribution in [2.45, 2.75) is 26.2 Å². The molecule has 0 spiro atoms. The van der Waals surface area contributed by atoms with Crippen molar-refractivity contribution in [1.29, 1.82) is 0 Å². The maximum absolute atomic E-state index is 12.2. The monoisotopic (exact) mass is 411 g/mol. The van der Waals surface area contributed by atoms with Crippen molar-refractivity contribution in [1.82, 2.24) is 0 Å². The Morgan fingerprint density at radius 1 is 1.07 bits per heavy atom. The van der Waals surface area contributed by atoms with Crippen molar-refractivity contribution in [2.75, 3.05) is 11.9 Å². The molecule has 0 aliphatic heterocycles. The van der Waals surface area contributed by atoms with Crippen molar-refractivity contribution < 1.29 is 23.5 Å². The zero-order valence-electron chi connectivity index (χ0n) is 16.0. The van der Waals surface area contributed by atoms with Crippen LogP contribution >= 0.6 is 11.3 Å². The van der Waals surface area contributed by atoms with Crippen LogP contribution in [-0.2, 0) is 11.2 Å². The number of rotatable bonds is 9. The number of hydrogen-bond donors (Lipinski definition) is 1. The molecule has 3 rings (SSSR count). The van der Waals surface area contributed by atoms with E-state index in [-0.39, 0.29) is 18.2 Å². The van der Waals surface area contributed by atoms with E-state index >= 15 is 0 Å². The van der Waals surface area contributed by atoms with Crippen molar-refractivity contribution in [3.63, 3.8) is 0 Å². The van der Waals surface area contributed by atoms with Gasteiger partial charge in [-0.25, -0.2) is 4.79 Å². The molecule has 3 aromatic rings. The van der Waals surface area contributed by atoms with Gasteiger partial charge in [-0.3, -0.25) is 9.59 Å². The lowest BCUT2D eigenvalue weighted by atomic mass is 10.0. The lowest BCUT2D eigenvalue weighted by Gasteiger charge is -2.05. The highest BCUT2D eigenvalue weighted by molar-refractivity contribution is 7.18. The molecule has 0 unspecified atom stereocenters. The average Bonchev–Trinajstić information content (AvgIpc) is 3.43. The van der Waals surface area contributed by atoms with Gasteiger partial charge in [0.25, 0.3) is 5.91 Å². The number of benzene rings is 1. The summed E-state index contributed by atoms with van der Waals surface area (Å²) in [5.74, 6) is -1.10. The average molecular weight is 411 g/mol. The molecule has 2 heterocycles. The fourth-order valence-electron chi connectivity index (χ4n) is 2.62. The normalized spacial score (nSPS) is 10.5. The van der Waals surface area contributed by atoms with Crippen molar-refractivity contribution in [3.8, 4) is 0 Å². The number of aryl methyl sites for hydroxylation is 1. The van der Waals surface area contributed by atoms with E-state index in [2.05, 4.69) is 12.2 Å². The summed E-state index contributed by atoms with van der Waals surface area (Å²) in [6.45, 7) is 1.80. The first kappa shape index (κ1) is 20.5. The van der Waals surface area contributed by atoms with Gasteiger partial charge in [0.05, 0.1) is 11.3 Å². The summed E-state index contributed by atoms with van der Waals surface area (Å²) in [6, 6.07) is 13.7. The van der Waals surface area contributed by atoms with Crippen LogP contribution in [0.15, 0.2) is 59.2 Å². The van der Waals surface area contributed by atoms with E-state index in [9.17, 15) is 14.4 Å². The van der Waals surface area contributed by atoms with E-state index in [1.54, 1.807) is 30.3 Å². The van der Waals surface area contributed by atoms with E-state index in [1.165, 1.54) is 17.9 Å². The minimum Gasteiger partial charge on any atom is -0.459 e. The van der Waals surface area contributed by atoms with E-state index in [0.29, 0.717) is 15.4 Å². The Balaban J connectivity index is 1.51. The number of amides is 1. The van der Waals surface area contributed by atoms with Gasteiger partial charge >= 0.3 is 5.97 Å². The largest absolute Gasteiger partial charge is 0.459 e. The fraction of sp³-hybridized carbons (Fsp3) is 0.227. The summed E-state index contributed by atoms with van der Waals surface area (Å²) >= 11 is 1.06. The van der Waals surface area contributed by atoms with Crippen LogP contribution in [0.25, 0.3) is 0 Å². The quantitative estimate of drug-likeness (QED) is 0.397. The van der Waals surface area contributed by atoms with Crippen LogP contribution in [0.5, 0.6) is 0 Å². The number of nitrogens with one attached hydrogen (secondary N) is 1. The molecule has 0 atom stereocenters. The Hall–Kier alpha value is -3.19. The maximum atomic E-state index is 12.2. The highest BCUT2D eigenvalue weighted by atomic mass is 32.1. The molecule has 150 valence electrons. The number of Topliss-reactive ketones (excluding diaryl/α,β-unsaturated/α-hetero) is 1. The van der Waals surface area contributed by atoms with Crippen LogP contribution in [0.2, 0.25) is 0 Å². The van der Waals surface area contributed by atoms with E-state index < -0.39 is 11.9 Å². The number of ether oxygens (including phenoxy) is 1. The number of anilines is 1. The first-order valence-electron chi connectivity index (χ1n) is 9.30. The highest BCUT2D eigenvalue weighted by Gasteiger charge is 2.16. The second kappa shape index (κ2) is 9.84. The van der Waals surface area contributed by atoms with Crippen molar-refractivity contribution in [3.05, 3.63) is 76.6 Å². The third-order valence-electron chi connectivity index (χ3n) is 4.22. The maximum Gasteiger partial charge on any atom is 0.348 e. The number of ketones is 1. The molecule has 2 aromatic heterocycles. The number of esters is 1. The third-order valence-corrected chi connectivity index (χ3v) is 5.20. The number of hydrogen-bond acceptors (Lipinski definition) is 6. The Kier molecular flexibility index (Phi) is 6.97. The summed E-state index contributed by atoms with van der Waals surface area (Å²) < 4.78 is 10.1. The molecule has 0 aliphatic carbocycles. The molecule has 0 aliphatic rings. The Morgan fingerprint density at radius 2 is 1.86 bits per heavy atom. The summed E-state index contributed by atoms with van der Waals surface area (Å²) in [7, 11) is 0. The van der Waals surface area contributed by atoms with Crippen LogP contribution in [0, 0.1) is 0 Å². The third kappa shape index (κ3) is 5.65. The van der Waals surface area contributed by atoms with Crippen LogP contribution in [0.3, 0.4) is 0 Å². The zero-order chi connectivity index (χ0) is 20.6. The lowest BCUT2D eigenvalue weighted by molar-refractivity contribution is 0.0479. The van der Waals surface area contributed by atoms with E-state index in [4.69, 9.17) is 9.15 Å². The molecule has 1 N–H and O–H groups in total. The number of unbranched alkanes of at least 4 members (excludes halogenated alkanes) is 1. The van der Waals surface area contributed by atoms with Crippen molar-refractivity contribution in [2.24, 2.45) is 0 Å². The zero-order valence-corrected chi connectivity index (χ0v) is 16.8. The minimum atomic E-state index is -0.610. The molecular formula is C22H21NO5S. The molecule has 6 nitrogen and oxygen atoms in total. The van der Waals surface area contributed by atoms with Crippen molar-refractivity contribution >= 4 is 34.0 Å². The van der Waals surface area contributed by atoms with Gasteiger partial charge in [-0.2, -0.15) is 0 Å². The topological polar surface area (TPSA) is 85.6 Å².